The van der Waals surface area contributed by atoms with E-state index in [-0.39, 0.29) is 23.7 Å². The minimum atomic E-state index is -0.878. The molecule has 0 spiro atoms. The lowest BCUT2D eigenvalue weighted by atomic mass is 9.92. The molecule has 1 atom stereocenters. The third kappa shape index (κ3) is 3.65. The van der Waals surface area contributed by atoms with Crippen LogP contribution >= 0.6 is 11.8 Å². The maximum absolute atomic E-state index is 12.8. The molecule has 1 aromatic heterocycles. The number of rotatable bonds is 4. The van der Waals surface area contributed by atoms with Crippen molar-refractivity contribution in [3.8, 4) is 0 Å². The van der Waals surface area contributed by atoms with E-state index >= 15 is 0 Å². The Kier molecular flexibility index (Phi) is 5.13. The maximum Gasteiger partial charge on any atom is 0.257 e. The van der Waals surface area contributed by atoms with Crippen LogP contribution in [0.15, 0.2) is 28.2 Å². The van der Waals surface area contributed by atoms with Crippen LogP contribution < -0.4 is 16.2 Å². The van der Waals surface area contributed by atoms with Gasteiger partial charge in [-0.05, 0) is 31.2 Å². The quantitative estimate of drug-likeness (QED) is 0.565. The molecule has 2 heterocycles. The molecule has 0 radical (unpaired) electrons. The smallest absolute Gasteiger partial charge is 0.257 e. The van der Waals surface area contributed by atoms with Crippen LogP contribution in [0.2, 0.25) is 0 Å². The number of amides is 2. The Morgan fingerprint density at radius 2 is 2.12 bits per heavy atom. The zero-order valence-electron chi connectivity index (χ0n) is 14.8. The van der Waals surface area contributed by atoms with Crippen molar-refractivity contribution in [3.05, 3.63) is 45.2 Å². The van der Waals surface area contributed by atoms with Crippen molar-refractivity contribution in [3.63, 3.8) is 0 Å². The van der Waals surface area contributed by atoms with Gasteiger partial charge in [-0.25, -0.2) is 4.98 Å². The van der Waals surface area contributed by atoms with E-state index in [0.29, 0.717) is 10.8 Å². The first-order valence-corrected chi connectivity index (χ1v) is 9.32. The predicted molar refractivity (Wildman–Crippen MR) is 102 cm³/mol. The summed E-state index contributed by atoms with van der Waals surface area (Å²) in [5.74, 6) is -0.704. The molecule has 1 unspecified atom stereocenters. The summed E-state index contributed by atoms with van der Waals surface area (Å²) in [7, 11) is 0. The Balaban J connectivity index is 1.95. The molecule has 1 aliphatic rings. The molecular weight excluding hydrogens is 352 g/mol. The van der Waals surface area contributed by atoms with Crippen molar-refractivity contribution in [2.75, 3.05) is 16.4 Å². The van der Waals surface area contributed by atoms with Gasteiger partial charge in [-0.15, -0.1) is 0 Å². The van der Waals surface area contributed by atoms with Gasteiger partial charge in [-0.2, -0.15) is 0 Å². The first-order chi connectivity index (χ1) is 12.4. The highest BCUT2D eigenvalue weighted by molar-refractivity contribution is 7.99. The SMILES string of the molecule is CCSc1nc2c(c(=O)[nH]1)C(C(=O)Nc1ccc(C)cc1C)CC(=O)N2. The summed E-state index contributed by atoms with van der Waals surface area (Å²) in [5.41, 5.74) is 2.47. The number of fused-ring (bicyclic) bond motifs is 1. The molecule has 3 rings (SSSR count). The van der Waals surface area contributed by atoms with Crippen LogP contribution in [-0.2, 0) is 9.59 Å². The van der Waals surface area contributed by atoms with Crippen LogP contribution in [0, 0.1) is 13.8 Å². The zero-order chi connectivity index (χ0) is 18.8. The topological polar surface area (TPSA) is 104 Å². The molecule has 0 fully saturated rings. The lowest BCUT2D eigenvalue weighted by Crippen LogP contribution is -2.36. The number of nitrogens with one attached hydrogen (secondary N) is 3. The summed E-state index contributed by atoms with van der Waals surface area (Å²) >= 11 is 1.36. The van der Waals surface area contributed by atoms with Gasteiger partial charge in [0.15, 0.2) is 5.16 Å². The van der Waals surface area contributed by atoms with Crippen molar-refractivity contribution in [1.82, 2.24) is 9.97 Å². The second-order valence-corrected chi connectivity index (χ2v) is 7.43. The van der Waals surface area contributed by atoms with Gasteiger partial charge in [0.25, 0.3) is 5.56 Å². The lowest BCUT2D eigenvalue weighted by molar-refractivity contribution is -0.123. The van der Waals surface area contributed by atoms with E-state index in [0.717, 1.165) is 16.9 Å². The number of carbonyl (C=O) groups excluding carboxylic acids is 2. The van der Waals surface area contributed by atoms with Crippen molar-refractivity contribution in [2.45, 2.75) is 38.3 Å². The fourth-order valence-electron chi connectivity index (χ4n) is 2.95. The van der Waals surface area contributed by atoms with Crippen LogP contribution in [0.1, 0.15) is 36.0 Å². The average molecular weight is 372 g/mol. The first kappa shape index (κ1) is 18.2. The number of nitrogens with zero attached hydrogens (tertiary/aromatic N) is 1. The minimum absolute atomic E-state index is 0.0885. The van der Waals surface area contributed by atoms with Crippen molar-refractivity contribution >= 4 is 35.1 Å². The van der Waals surface area contributed by atoms with E-state index in [1.165, 1.54) is 11.8 Å². The van der Waals surface area contributed by atoms with E-state index < -0.39 is 17.4 Å². The Labute approximate surface area is 155 Å². The molecule has 1 aromatic carbocycles. The average Bonchev–Trinajstić information content (AvgIpc) is 2.56. The van der Waals surface area contributed by atoms with Gasteiger partial charge in [0.05, 0.1) is 11.5 Å². The molecule has 1 aliphatic heterocycles. The van der Waals surface area contributed by atoms with Crippen LogP contribution in [0.25, 0.3) is 0 Å². The standard InChI is InChI=1S/C18H20N4O3S/c1-4-26-18-21-15-14(17(25)22-18)11(8-13(23)20-15)16(24)19-12-6-5-9(2)7-10(12)3/h5-7,11H,4,8H2,1-3H3,(H,19,24)(H2,20,21,22,23,25). The van der Waals surface area contributed by atoms with E-state index in [1.54, 1.807) is 0 Å². The number of hydrogen-bond acceptors (Lipinski definition) is 5. The van der Waals surface area contributed by atoms with E-state index in [2.05, 4.69) is 20.6 Å². The van der Waals surface area contributed by atoms with Crippen LogP contribution in [-0.4, -0.2) is 27.5 Å². The predicted octanol–water partition coefficient (Wildman–Crippen LogP) is 2.56. The molecule has 8 heteroatoms. The van der Waals surface area contributed by atoms with Crippen LogP contribution in [0.4, 0.5) is 11.5 Å². The van der Waals surface area contributed by atoms with E-state index in [9.17, 15) is 14.4 Å². The molecule has 136 valence electrons. The Morgan fingerprint density at radius 1 is 1.35 bits per heavy atom. The minimum Gasteiger partial charge on any atom is -0.325 e. The molecule has 0 aliphatic carbocycles. The molecule has 2 aromatic rings. The van der Waals surface area contributed by atoms with Gasteiger partial charge in [0.2, 0.25) is 11.8 Å². The monoisotopic (exact) mass is 372 g/mol. The Morgan fingerprint density at radius 3 is 2.81 bits per heavy atom. The highest BCUT2D eigenvalue weighted by Crippen LogP contribution is 2.30. The number of thioether (sulfide) groups is 1. The number of aryl methyl sites for hydroxylation is 2. The van der Waals surface area contributed by atoms with E-state index in [1.807, 2.05) is 39.0 Å². The van der Waals surface area contributed by atoms with Gasteiger partial charge in [0.1, 0.15) is 5.82 Å². The fourth-order valence-corrected chi connectivity index (χ4v) is 3.55. The highest BCUT2D eigenvalue weighted by Gasteiger charge is 2.34. The maximum atomic E-state index is 12.8. The number of aromatic amines is 1. The van der Waals surface area contributed by atoms with Gasteiger partial charge < -0.3 is 15.6 Å². The number of carbonyl (C=O) groups is 2. The van der Waals surface area contributed by atoms with Crippen molar-refractivity contribution in [1.29, 1.82) is 0 Å². The largest absolute Gasteiger partial charge is 0.325 e. The number of aromatic nitrogens is 2. The molecule has 0 saturated carbocycles. The number of benzene rings is 1. The summed E-state index contributed by atoms with van der Waals surface area (Å²) in [6.45, 7) is 5.80. The second kappa shape index (κ2) is 7.33. The summed E-state index contributed by atoms with van der Waals surface area (Å²) in [6.07, 6.45) is -0.0885. The van der Waals surface area contributed by atoms with Crippen LogP contribution in [0.5, 0.6) is 0 Å². The molecule has 0 bridgehead atoms. The number of H-pyrrole nitrogens is 1. The van der Waals surface area contributed by atoms with Crippen LogP contribution in [0.3, 0.4) is 0 Å². The number of hydrogen-bond donors (Lipinski definition) is 3. The third-order valence-electron chi connectivity index (χ3n) is 4.17. The summed E-state index contributed by atoms with van der Waals surface area (Å²) < 4.78 is 0. The third-order valence-corrected chi connectivity index (χ3v) is 4.92. The fraction of sp³-hybridized carbons (Fsp3) is 0.333. The first-order valence-electron chi connectivity index (χ1n) is 8.34. The number of anilines is 2. The van der Waals surface area contributed by atoms with Gasteiger partial charge in [-0.3, -0.25) is 14.4 Å². The van der Waals surface area contributed by atoms with Crippen molar-refractivity contribution in [2.24, 2.45) is 0 Å². The zero-order valence-corrected chi connectivity index (χ0v) is 15.6. The molecule has 0 saturated heterocycles. The normalized spacial score (nSPS) is 16.0. The summed E-state index contributed by atoms with van der Waals surface area (Å²) in [5, 5.41) is 5.86. The van der Waals surface area contributed by atoms with Gasteiger partial charge in [-0.1, -0.05) is 36.4 Å². The summed E-state index contributed by atoms with van der Waals surface area (Å²) in [4.78, 5) is 44.3. The molecule has 2 amide bonds. The van der Waals surface area contributed by atoms with Crippen molar-refractivity contribution < 1.29 is 9.59 Å². The summed E-state index contributed by atoms with van der Waals surface area (Å²) in [6, 6.07) is 5.67. The Bertz CT molecular complexity index is 939. The molecule has 7 nitrogen and oxygen atoms in total. The molecule has 26 heavy (non-hydrogen) atoms. The lowest BCUT2D eigenvalue weighted by Gasteiger charge is -2.23. The van der Waals surface area contributed by atoms with E-state index in [4.69, 9.17) is 0 Å². The second-order valence-electron chi connectivity index (χ2n) is 6.18. The van der Waals surface area contributed by atoms with Gasteiger partial charge >= 0.3 is 0 Å². The molecule has 3 N–H and O–H groups in total. The van der Waals surface area contributed by atoms with Gasteiger partial charge in [0, 0.05) is 12.1 Å². The highest BCUT2D eigenvalue weighted by atomic mass is 32.2. The molecular formula is C18H20N4O3S. The Hall–Kier alpha value is -2.61.